The van der Waals surface area contributed by atoms with E-state index < -0.39 is 24.1 Å². The Morgan fingerprint density at radius 1 is 0.694 bits per heavy atom. The number of carbonyl (C=O) groups is 2. The number of benzene rings is 3. The van der Waals surface area contributed by atoms with Crippen LogP contribution in [0.15, 0.2) is 84.9 Å². The topological polar surface area (TPSA) is 89.5 Å². The molecule has 0 aromatic heterocycles. The first-order valence-corrected chi connectivity index (χ1v) is 11.5. The minimum absolute atomic E-state index is 0.0434. The van der Waals surface area contributed by atoms with Crippen LogP contribution in [0.25, 0.3) is 0 Å². The first kappa shape index (κ1) is 26.7. The van der Waals surface area contributed by atoms with Crippen molar-refractivity contribution in [1.29, 1.82) is 0 Å². The van der Waals surface area contributed by atoms with Gasteiger partial charge in [0.2, 0.25) is 0 Å². The Morgan fingerprint density at radius 2 is 1.36 bits per heavy atom. The summed E-state index contributed by atoms with van der Waals surface area (Å²) in [6.07, 6.45) is -0.910. The standard InChI is InChI=1S/C28H30O8/c1-21(18-32-27(29)23-11-5-3-6-12-23)33-20-35-26-16-10-9-15-25(26)28(30)36-22(2)17-31-19-34-24-13-7-4-8-14-24/h3-16,21-22H,17-20H2,1-2H3. The third-order valence-corrected chi connectivity index (χ3v) is 4.85. The maximum Gasteiger partial charge on any atom is 0.342 e. The molecule has 0 saturated heterocycles. The Labute approximate surface area is 210 Å². The molecule has 3 aromatic rings. The zero-order valence-corrected chi connectivity index (χ0v) is 20.3. The van der Waals surface area contributed by atoms with Gasteiger partial charge in [0.25, 0.3) is 0 Å². The van der Waals surface area contributed by atoms with Gasteiger partial charge >= 0.3 is 11.9 Å². The van der Waals surface area contributed by atoms with Crippen LogP contribution < -0.4 is 9.47 Å². The van der Waals surface area contributed by atoms with Crippen LogP contribution in [-0.4, -0.2) is 50.9 Å². The van der Waals surface area contributed by atoms with Crippen LogP contribution in [0, 0.1) is 0 Å². The van der Waals surface area contributed by atoms with Crippen molar-refractivity contribution in [2.24, 2.45) is 0 Å². The molecule has 0 amide bonds. The molecule has 190 valence electrons. The Morgan fingerprint density at radius 3 is 2.11 bits per heavy atom. The molecule has 3 rings (SSSR count). The molecule has 0 N–H and O–H groups in total. The largest absolute Gasteiger partial charge is 0.468 e. The quantitative estimate of drug-likeness (QED) is 0.178. The number of hydrogen-bond acceptors (Lipinski definition) is 8. The molecule has 3 aromatic carbocycles. The van der Waals surface area contributed by atoms with Crippen LogP contribution in [0.1, 0.15) is 34.6 Å². The van der Waals surface area contributed by atoms with Gasteiger partial charge in [0.05, 0.1) is 18.3 Å². The summed E-state index contributed by atoms with van der Waals surface area (Å²) in [6, 6.07) is 24.7. The average molecular weight is 495 g/mol. The van der Waals surface area contributed by atoms with Crippen molar-refractivity contribution < 1.29 is 38.0 Å². The maximum absolute atomic E-state index is 12.7. The van der Waals surface area contributed by atoms with E-state index in [4.69, 9.17) is 28.4 Å². The van der Waals surface area contributed by atoms with Crippen molar-refractivity contribution in [1.82, 2.24) is 0 Å². The second-order valence-corrected chi connectivity index (χ2v) is 7.86. The lowest BCUT2D eigenvalue weighted by Gasteiger charge is -2.17. The van der Waals surface area contributed by atoms with E-state index in [1.807, 2.05) is 36.4 Å². The molecule has 8 nitrogen and oxygen atoms in total. The lowest BCUT2D eigenvalue weighted by Crippen LogP contribution is -2.23. The molecular weight excluding hydrogens is 464 g/mol. The third kappa shape index (κ3) is 9.05. The molecule has 0 saturated carbocycles. The van der Waals surface area contributed by atoms with E-state index in [-0.39, 0.29) is 32.4 Å². The van der Waals surface area contributed by atoms with Crippen molar-refractivity contribution in [3.05, 3.63) is 96.1 Å². The lowest BCUT2D eigenvalue weighted by molar-refractivity contribution is -0.0551. The van der Waals surface area contributed by atoms with Crippen LogP contribution in [-0.2, 0) is 18.9 Å². The summed E-state index contributed by atoms with van der Waals surface area (Å²) < 4.78 is 32.8. The van der Waals surface area contributed by atoms with Gasteiger partial charge in [-0.1, -0.05) is 48.5 Å². The molecule has 0 aliphatic heterocycles. The summed E-state index contributed by atoms with van der Waals surface area (Å²) in [6.45, 7) is 3.62. The Kier molecular flexibility index (Phi) is 10.8. The highest BCUT2D eigenvalue weighted by Crippen LogP contribution is 2.20. The van der Waals surface area contributed by atoms with Gasteiger partial charge in [0, 0.05) is 0 Å². The van der Waals surface area contributed by atoms with Crippen molar-refractivity contribution in [2.75, 3.05) is 26.8 Å². The van der Waals surface area contributed by atoms with Crippen molar-refractivity contribution >= 4 is 11.9 Å². The zero-order valence-electron chi connectivity index (χ0n) is 20.3. The normalized spacial score (nSPS) is 12.3. The molecule has 8 heteroatoms. The van der Waals surface area contributed by atoms with Crippen LogP contribution >= 0.6 is 0 Å². The molecular formula is C28H30O8. The summed E-state index contributed by atoms with van der Waals surface area (Å²) in [5.41, 5.74) is 0.730. The first-order chi connectivity index (χ1) is 17.5. The molecule has 2 unspecified atom stereocenters. The minimum atomic E-state index is -0.546. The first-order valence-electron chi connectivity index (χ1n) is 11.5. The van der Waals surface area contributed by atoms with E-state index in [2.05, 4.69) is 0 Å². The summed E-state index contributed by atoms with van der Waals surface area (Å²) in [5.74, 6) is 0.0379. The number of para-hydroxylation sites is 2. The highest BCUT2D eigenvalue weighted by Gasteiger charge is 2.17. The molecule has 0 fully saturated rings. The highest BCUT2D eigenvalue weighted by molar-refractivity contribution is 5.92. The predicted octanol–water partition coefficient (Wildman–Crippen LogP) is 4.88. The summed E-state index contributed by atoms with van der Waals surface area (Å²) in [4.78, 5) is 24.7. The predicted molar refractivity (Wildman–Crippen MR) is 132 cm³/mol. The van der Waals surface area contributed by atoms with Gasteiger partial charge in [-0.3, -0.25) is 0 Å². The molecule has 2 atom stereocenters. The number of rotatable bonds is 14. The van der Waals surface area contributed by atoms with Gasteiger partial charge in [0.15, 0.2) is 13.6 Å². The Bertz CT molecular complexity index is 1070. The molecule has 0 heterocycles. The molecule has 0 aliphatic rings. The van der Waals surface area contributed by atoms with E-state index in [1.54, 1.807) is 62.4 Å². The molecule has 0 spiro atoms. The van der Waals surface area contributed by atoms with Crippen molar-refractivity contribution in [3.8, 4) is 11.5 Å². The number of hydrogen-bond donors (Lipinski definition) is 0. The zero-order chi connectivity index (χ0) is 25.6. The SMILES string of the molecule is CC(COC(=O)c1ccccc1)OCOc1ccccc1C(=O)OC(C)COCOc1ccccc1. The van der Waals surface area contributed by atoms with Gasteiger partial charge < -0.3 is 28.4 Å². The number of carbonyl (C=O) groups excluding carboxylic acids is 2. The number of ether oxygens (including phenoxy) is 6. The smallest absolute Gasteiger partial charge is 0.342 e. The van der Waals surface area contributed by atoms with E-state index >= 15 is 0 Å². The van der Waals surface area contributed by atoms with Crippen LogP contribution in [0.2, 0.25) is 0 Å². The maximum atomic E-state index is 12.7. The van der Waals surface area contributed by atoms with Gasteiger partial charge in [-0.2, -0.15) is 0 Å². The molecule has 36 heavy (non-hydrogen) atoms. The van der Waals surface area contributed by atoms with Gasteiger partial charge in [-0.05, 0) is 50.2 Å². The Hall–Kier alpha value is -3.88. The van der Waals surface area contributed by atoms with E-state index in [9.17, 15) is 9.59 Å². The van der Waals surface area contributed by atoms with Gasteiger partial charge in [-0.15, -0.1) is 0 Å². The minimum Gasteiger partial charge on any atom is -0.468 e. The fourth-order valence-electron chi connectivity index (χ4n) is 2.99. The van der Waals surface area contributed by atoms with E-state index in [0.717, 1.165) is 0 Å². The van der Waals surface area contributed by atoms with Gasteiger partial charge in [-0.25, -0.2) is 9.59 Å². The van der Waals surface area contributed by atoms with E-state index in [1.165, 1.54) is 0 Å². The lowest BCUT2D eigenvalue weighted by atomic mass is 10.2. The van der Waals surface area contributed by atoms with Crippen molar-refractivity contribution in [2.45, 2.75) is 26.1 Å². The monoisotopic (exact) mass is 494 g/mol. The second kappa shape index (κ2) is 14.5. The van der Waals surface area contributed by atoms with E-state index in [0.29, 0.717) is 17.1 Å². The fourth-order valence-corrected chi connectivity index (χ4v) is 2.99. The fraction of sp³-hybridized carbons (Fsp3) is 0.286. The highest BCUT2D eigenvalue weighted by atomic mass is 16.7. The summed E-state index contributed by atoms with van der Waals surface area (Å²) >= 11 is 0. The summed E-state index contributed by atoms with van der Waals surface area (Å²) in [7, 11) is 0. The van der Waals surface area contributed by atoms with Crippen molar-refractivity contribution in [3.63, 3.8) is 0 Å². The third-order valence-electron chi connectivity index (χ3n) is 4.85. The van der Waals surface area contributed by atoms with Crippen LogP contribution in [0.4, 0.5) is 0 Å². The Balaban J connectivity index is 1.38. The molecule has 0 aliphatic carbocycles. The van der Waals surface area contributed by atoms with Crippen LogP contribution in [0.3, 0.4) is 0 Å². The van der Waals surface area contributed by atoms with Crippen LogP contribution in [0.5, 0.6) is 11.5 Å². The number of esters is 2. The van der Waals surface area contributed by atoms with Gasteiger partial charge in [0.1, 0.15) is 29.8 Å². The molecule has 0 bridgehead atoms. The summed E-state index contributed by atoms with van der Waals surface area (Å²) in [5, 5.41) is 0. The molecule has 0 radical (unpaired) electrons. The average Bonchev–Trinajstić information content (AvgIpc) is 2.91. The second-order valence-electron chi connectivity index (χ2n) is 7.86.